The molecule has 5 heteroatoms. The molecule has 0 aliphatic rings. The summed E-state index contributed by atoms with van der Waals surface area (Å²) in [5.41, 5.74) is 1.66. The summed E-state index contributed by atoms with van der Waals surface area (Å²) in [7, 11) is 5.41. The lowest BCUT2D eigenvalue weighted by molar-refractivity contribution is 0.151. The molecule has 0 saturated heterocycles. The monoisotopic (exact) mass is 252 g/mol. The first-order valence-electron chi connectivity index (χ1n) is 5.76. The number of hydrogen-bond acceptors (Lipinski definition) is 4. The summed E-state index contributed by atoms with van der Waals surface area (Å²) in [4.78, 5) is 13.5. The Balaban J connectivity index is 2.55. The second-order valence-electron chi connectivity index (χ2n) is 4.27. The fourth-order valence-corrected chi connectivity index (χ4v) is 1.39. The molecule has 18 heavy (non-hydrogen) atoms. The first kappa shape index (κ1) is 14.3. The van der Waals surface area contributed by atoms with E-state index in [-0.39, 0.29) is 0 Å². The molecule has 1 amide bonds. The van der Waals surface area contributed by atoms with Gasteiger partial charge in [0.25, 0.3) is 0 Å². The second kappa shape index (κ2) is 6.86. The van der Waals surface area contributed by atoms with Crippen LogP contribution in [0.1, 0.15) is 5.56 Å². The minimum absolute atomic E-state index is 0.354. The average Bonchev–Trinajstić information content (AvgIpc) is 2.28. The van der Waals surface area contributed by atoms with Gasteiger partial charge in [-0.1, -0.05) is 6.07 Å². The predicted molar refractivity (Wildman–Crippen MR) is 71.3 cm³/mol. The van der Waals surface area contributed by atoms with Crippen molar-refractivity contribution >= 4 is 11.8 Å². The first-order valence-corrected chi connectivity index (χ1v) is 5.76. The van der Waals surface area contributed by atoms with Crippen LogP contribution in [0.2, 0.25) is 0 Å². The first-order chi connectivity index (χ1) is 8.52. The van der Waals surface area contributed by atoms with Crippen molar-refractivity contribution in [3.05, 3.63) is 23.8 Å². The standard InChI is InChI=1S/C13H20N2O3/c1-10-5-6-12(17-4)11(9-10)14-13(16)18-8-7-15(2)3/h5-6,9H,7-8H2,1-4H3,(H,14,16). The zero-order valence-electron chi connectivity index (χ0n) is 11.3. The van der Waals surface area contributed by atoms with Crippen LogP contribution in [-0.4, -0.2) is 45.3 Å². The zero-order valence-corrected chi connectivity index (χ0v) is 11.3. The third kappa shape index (κ3) is 4.63. The number of carbonyl (C=O) groups excluding carboxylic acids is 1. The number of methoxy groups -OCH3 is 1. The highest BCUT2D eigenvalue weighted by Crippen LogP contribution is 2.25. The van der Waals surface area contributed by atoms with Gasteiger partial charge in [-0.15, -0.1) is 0 Å². The number of amides is 1. The molecule has 0 bridgehead atoms. The Labute approximate surface area is 108 Å². The molecule has 0 unspecified atom stereocenters. The molecule has 0 aliphatic carbocycles. The Morgan fingerprint density at radius 2 is 2.11 bits per heavy atom. The van der Waals surface area contributed by atoms with Crippen LogP contribution in [0.5, 0.6) is 5.75 Å². The lowest BCUT2D eigenvalue weighted by atomic mass is 10.2. The van der Waals surface area contributed by atoms with Crippen molar-refractivity contribution in [2.24, 2.45) is 0 Å². The largest absolute Gasteiger partial charge is 0.495 e. The van der Waals surface area contributed by atoms with Crippen molar-refractivity contribution in [3.63, 3.8) is 0 Å². The second-order valence-corrected chi connectivity index (χ2v) is 4.27. The quantitative estimate of drug-likeness (QED) is 0.872. The molecule has 0 saturated carbocycles. The summed E-state index contributed by atoms with van der Waals surface area (Å²) in [6.45, 7) is 2.99. The van der Waals surface area contributed by atoms with Gasteiger partial charge in [-0.25, -0.2) is 4.79 Å². The molecular weight excluding hydrogens is 232 g/mol. The van der Waals surface area contributed by atoms with Crippen molar-refractivity contribution in [2.45, 2.75) is 6.92 Å². The van der Waals surface area contributed by atoms with E-state index in [0.29, 0.717) is 24.6 Å². The van der Waals surface area contributed by atoms with Crippen molar-refractivity contribution in [1.82, 2.24) is 4.90 Å². The van der Waals surface area contributed by atoms with Gasteiger partial charge in [0.15, 0.2) is 0 Å². The number of carbonyl (C=O) groups is 1. The van der Waals surface area contributed by atoms with E-state index in [4.69, 9.17) is 9.47 Å². The highest BCUT2D eigenvalue weighted by Gasteiger charge is 2.08. The van der Waals surface area contributed by atoms with E-state index in [2.05, 4.69) is 5.32 Å². The summed E-state index contributed by atoms with van der Waals surface area (Å²) < 4.78 is 10.2. The Morgan fingerprint density at radius 3 is 2.72 bits per heavy atom. The maximum Gasteiger partial charge on any atom is 0.411 e. The maximum absolute atomic E-state index is 11.6. The van der Waals surface area contributed by atoms with Crippen LogP contribution < -0.4 is 10.1 Å². The number of nitrogens with zero attached hydrogens (tertiary/aromatic N) is 1. The van der Waals surface area contributed by atoms with Crippen LogP contribution in [0.4, 0.5) is 10.5 Å². The number of rotatable bonds is 5. The molecule has 1 aromatic rings. The topological polar surface area (TPSA) is 50.8 Å². The summed E-state index contributed by atoms with van der Waals surface area (Å²) >= 11 is 0. The summed E-state index contributed by atoms with van der Waals surface area (Å²) in [5, 5.41) is 2.67. The number of ether oxygens (including phenoxy) is 2. The van der Waals surface area contributed by atoms with E-state index in [1.165, 1.54) is 0 Å². The molecule has 0 atom stereocenters. The van der Waals surface area contributed by atoms with Crippen LogP contribution in [0.3, 0.4) is 0 Å². The number of anilines is 1. The third-order valence-corrected chi connectivity index (χ3v) is 2.36. The van der Waals surface area contributed by atoms with E-state index in [9.17, 15) is 4.79 Å². The minimum Gasteiger partial charge on any atom is -0.495 e. The highest BCUT2D eigenvalue weighted by atomic mass is 16.5. The van der Waals surface area contributed by atoms with Crippen LogP contribution in [0.15, 0.2) is 18.2 Å². The predicted octanol–water partition coefficient (Wildman–Crippen LogP) is 2.11. The molecule has 1 rings (SSSR count). The van der Waals surface area contributed by atoms with E-state index in [1.807, 2.05) is 44.1 Å². The number of benzene rings is 1. The van der Waals surface area contributed by atoms with Gasteiger partial charge in [-0.2, -0.15) is 0 Å². The van der Waals surface area contributed by atoms with Crippen molar-refractivity contribution in [3.8, 4) is 5.75 Å². The van der Waals surface area contributed by atoms with Gasteiger partial charge in [0, 0.05) is 6.54 Å². The zero-order chi connectivity index (χ0) is 13.5. The van der Waals surface area contributed by atoms with Gasteiger partial charge in [-0.05, 0) is 38.7 Å². The lowest BCUT2D eigenvalue weighted by Crippen LogP contribution is -2.22. The van der Waals surface area contributed by atoms with Gasteiger partial charge in [0.1, 0.15) is 12.4 Å². The Bertz CT molecular complexity index is 405. The van der Waals surface area contributed by atoms with Crippen LogP contribution >= 0.6 is 0 Å². The molecule has 1 aromatic carbocycles. The molecule has 0 heterocycles. The fraction of sp³-hybridized carbons (Fsp3) is 0.462. The Morgan fingerprint density at radius 1 is 1.39 bits per heavy atom. The Hall–Kier alpha value is -1.75. The van der Waals surface area contributed by atoms with Crippen molar-refractivity contribution < 1.29 is 14.3 Å². The van der Waals surface area contributed by atoms with Crippen LogP contribution in [-0.2, 0) is 4.74 Å². The van der Waals surface area contributed by atoms with Crippen molar-refractivity contribution in [1.29, 1.82) is 0 Å². The molecule has 1 N–H and O–H groups in total. The molecule has 0 aromatic heterocycles. The van der Waals surface area contributed by atoms with Crippen LogP contribution in [0, 0.1) is 6.92 Å². The maximum atomic E-state index is 11.6. The van der Waals surface area contributed by atoms with E-state index in [1.54, 1.807) is 7.11 Å². The van der Waals surface area contributed by atoms with Gasteiger partial charge in [0.2, 0.25) is 0 Å². The van der Waals surface area contributed by atoms with Gasteiger partial charge < -0.3 is 14.4 Å². The summed E-state index contributed by atoms with van der Waals surface area (Å²) in [6.07, 6.45) is -0.472. The molecule has 5 nitrogen and oxygen atoms in total. The average molecular weight is 252 g/mol. The smallest absolute Gasteiger partial charge is 0.411 e. The van der Waals surface area contributed by atoms with Gasteiger partial charge in [-0.3, -0.25) is 5.32 Å². The van der Waals surface area contributed by atoms with E-state index >= 15 is 0 Å². The molecule has 0 spiro atoms. The number of hydrogen-bond donors (Lipinski definition) is 1. The number of nitrogens with one attached hydrogen (secondary N) is 1. The Kier molecular flexibility index (Phi) is 5.45. The summed E-state index contributed by atoms with van der Waals surface area (Å²) in [5.74, 6) is 0.616. The molecule has 0 fully saturated rings. The normalized spacial score (nSPS) is 10.3. The molecule has 100 valence electrons. The van der Waals surface area contributed by atoms with Crippen molar-refractivity contribution in [2.75, 3.05) is 39.7 Å². The lowest BCUT2D eigenvalue weighted by Gasteiger charge is -2.13. The minimum atomic E-state index is -0.472. The van der Waals surface area contributed by atoms with E-state index in [0.717, 1.165) is 5.56 Å². The molecule has 0 radical (unpaired) electrons. The van der Waals surface area contributed by atoms with Gasteiger partial charge >= 0.3 is 6.09 Å². The van der Waals surface area contributed by atoms with E-state index < -0.39 is 6.09 Å². The third-order valence-electron chi connectivity index (χ3n) is 2.36. The highest BCUT2D eigenvalue weighted by molar-refractivity contribution is 5.86. The fourth-order valence-electron chi connectivity index (χ4n) is 1.39. The number of aryl methyl sites for hydroxylation is 1. The summed E-state index contributed by atoms with van der Waals surface area (Å²) in [6, 6.07) is 5.57. The van der Waals surface area contributed by atoms with Crippen LogP contribution in [0.25, 0.3) is 0 Å². The number of likely N-dealkylation sites (N-methyl/N-ethyl adjacent to an activating group) is 1. The van der Waals surface area contributed by atoms with Gasteiger partial charge in [0.05, 0.1) is 12.8 Å². The molecular formula is C13H20N2O3. The molecule has 0 aliphatic heterocycles. The SMILES string of the molecule is COc1ccc(C)cc1NC(=O)OCCN(C)C.